The van der Waals surface area contributed by atoms with Crippen LogP contribution in [0.1, 0.15) is 39.4 Å². The van der Waals surface area contributed by atoms with E-state index in [0.29, 0.717) is 16.8 Å². The molecule has 5 rings (SSSR count). The number of rotatable bonds is 6. The molecular formula is C27H30ClN7O. The van der Waals surface area contributed by atoms with Crippen LogP contribution in [0.4, 0.5) is 11.4 Å². The first-order chi connectivity index (χ1) is 17.3. The Morgan fingerprint density at radius 1 is 1.06 bits per heavy atom. The maximum Gasteiger partial charge on any atom is 0.159 e. The monoisotopic (exact) mass is 503 g/mol. The molecule has 0 amide bonds. The van der Waals surface area contributed by atoms with Crippen molar-refractivity contribution in [3.8, 4) is 11.1 Å². The first-order valence-corrected chi connectivity index (χ1v) is 12.6. The number of nitrogens with one attached hydrogen (secondary N) is 1. The van der Waals surface area contributed by atoms with Gasteiger partial charge in [0.05, 0.1) is 34.3 Å². The Balaban J connectivity index is 1.41. The molecule has 1 aromatic carbocycles. The van der Waals surface area contributed by atoms with Crippen molar-refractivity contribution >= 4 is 33.9 Å². The van der Waals surface area contributed by atoms with E-state index >= 15 is 0 Å². The molecule has 3 aromatic heterocycles. The number of anilines is 2. The van der Waals surface area contributed by atoms with Gasteiger partial charge in [-0.15, -0.1) is 0 Å². The average Bonchev–Trinajstić information content (AvgIpc) is 2.90. The zero-order valence-corrected chi connectivity index (χ0v) is 21.4. The van der Waals surface area contributed by atoms with Crippen LogP contribution in [0.2, 0.25) is 5.02 Å². The fraction of sp³-hybridized carbons (Fsp3) is 0.370. The predicted molar refractivity (Wildman–Crippen MR) is 143 cm³/mol. The Hall–Kier alpha value is -3.36. The number of benzene rings is 1. The molecule has 1 aliphatic heterocycles. The van der Waals surface area contributed by atoms with Crippen LogP contribution in [-0.4, -0.2) is 49.2 Å². The first kappa shape index (κ1) is 24.3. The number of fused-ring (bicyclic) bond motifs is 1. The van der Waals surface area contributed by atoms with Crippen LogP contribution in [0.25, 0.3) is 22.0 Å². The summed E-state index contributed by atoms with van der Waals surface area (Å²) in [7, 11) is 0. The average molecular weight is 504 g/mol. The highest BCUT2D eigenvalue weighted by molar-refractivity contribution is 6.34. The highest BCUT2D eigenvalue weighted by atomic mass is 35.5. The minimum absolute atomic E-state index is 0.193. The third kappa shape index (κ3) is 5.10. The highest BCUT2D eigenvalue weighted by Gasteiger charge is 2.26. The molecule has 0 spiro atoms. The molecule has 0 aliphatic carbocycles. The molecule has 2 N–H and O–H groups in total. The number of nitrogens with zero attached hydrogens (tertiary/aromatic N) is 6. The van der Waals surface area contributed by atoms with Gasteiger partial charge in [-0.1, -0.05) is 17.7 Å². The SMILES string of the molecule is C[C@@H](Nc1c(Cl)cnc2ccc(-c3cnc(C(C)(C)O)nc3)cc12)C1CCCN(c2cncnc2)C1. The van der Waals surface area contributed by atoms with Crippen LogP contribution >= 0.6 is 11.6 Å². The lowest BCUT2D eigenvalue weighted by Gasteiger charge is -2.37. The van der Waals surface area contributed by atoms with E-state index in [1.165, 1.54) is 0 Å². The summed E-state index contributed by atoms with van der Waals surface area (Å²) in [4.78, 5) is 24.0. The summed E-state index contributed by atoms with van der Waals surface area (Å²) in [5.41, 5.74) is 3.52. The van der Waals surface area contributed by atoms with Crippen LogP contribution in [0.15, 0.2) is 55.5 Å². The Labute approximate surface area is 215 Å². The molecule has 186 valence electrons. The largest absolute Gasteiger partial charge is 0.382 e. The molecule has 8 nitrogen and oxygen atoms in total. The minimum Gasteiger partial charge on any atom is -0.382 e. The standard InChI is InChI=1S/C27H30ClN7O/c1-17(19-5-4-8-35(15-19)21-12-29-16-30-13-21)34-25-22-9-18(6-7-24(22)31-14-23(25)28)20-10-32-26(33-11-20)27(2,3)36/h6-7,9-14,16-17,19,36H,4-5,8,15H2,1-3H3,(H,31,34)/t17-,19?/m1/s1. The molecule has 0 saturated carbocycles. The highest BCUT2D eigenvalue weighted by Crippen LogP contribution is 2.35. The summed E-state index contributed by atoms with van der Waals surface area (Å²) in [6, 6.07) is 6.25. The van der Waals surface area contributed by atoms with Crippen molar-refractivity contribution in [3.63, 3.8) is 0 Å². The van der Waals surface area contributed by atoms with E-state index in [2.05, 4.69) is 48.1 Å². The fourth-order valence-electron chi connectivity index (χ4n) is 4.74. The Morgan fingerprint density at radius 2 is 1.81 bits per heavy atom. The van der Waals surface area contributed by atoms with Crippen molar-refractivity contribution < 1.29 is 5.11 Å². The maximum atomic E-state index is 10.2. The zero-order valence-electron chi connectivity index (χ0n) is 20.7. The second kappa shape index (κ2) is 9.95. The van der Waals surface area contributed by atoms with E-state index in [-0.39, 0.29) is 6.04 Å². The van der Waals surface area contributed by atoms with Crippen molar-refractivity contribution in [1.29, 1.82) is 0 Å². The summed E-state index contributed by atoms with van der Waals surface area (Å²) in [5.74, 6) is 0.820. The summed E-state index contributed by atoms with van der Waals surface area (Å²) >= 11 is 6.68. The quantitative estimate of drug-likeness (QED) is 0.375. The van der Waals surface area contributed by atoms with E-state index in [4.69, 9.17) is 11.6 Å². The molecule has 4 heterocycles. The van der Waals surface area contributed by atoms with E-state index in [1.54, 1.807) is 38.8 Å². The summed E-state index contributed by atoms with van der Waals surface area (Å²) < 4.78 is 0. The lowest BCUT2D eigenvalue weighted by atomic mass is 9.91. The summed E-state index contributed by atoms with van der Waals surface area (Å²) in [5, 5.41) is 15.4. The topological polar surface area (TPSA) is 100.0 Å². The van der Waals surface area contributed by atoms with Gasteiger partial charge in [0.25, 0.3) is 0 Å². The van der Waals surface area contributed by atoms with Crippen LogP contribution in [0.5, 0.6) is 0 Å². The van der Waals surface area contributed by atoms with Crippen molar-refractivity contribution in [2.24, 2.45) is 5.92 Å². The molecular weight excluding hydrogens is 474 g/mol. The number of hydrogen-bond acceptors (Lipinski definition) is 8. The van der Waals surface area contributed by atoms with E-state index in [0.717, 1.165) is 59.3 Å². The molecule has 1 aliphatic rings. The number of pyridine rings is 1. The Kier molecular flexibility index (Phi) is 6.73. The Morgan fingerprint density at radius 3 is 2.53 bits per heavy atom. The fourth-order valence-corrected chi connectivity index (χ4v) is 4.95. The van der Waals surface area contributed by atoms with Gasteiger partial charge in [-0.25, -0.2) is 19.9 Å². The van der Waals surface area contributed by atoms with Crippen LogP contribution in [-0.2, 0) is 5.60 Å². The molecule has 0 radical (unpaired) electrons. The van der Waals surface area contributed by atoms with Gasteiger partial charge in [-0.2, -0.15) is 0 Å². The second-order valence-corrected chi connectivity index (χ2v) is 10.4. The molecule has 1 unspecified atom stereocenters. The van der Waals surface area contributed by atoms with Gasteiger partial charge in [-0.05, 0) is 57.2 Å². The minimum atomic E-state index is -1.09. The molecule has 1 saturated heterocycles. The molecule has 1 fully saturated rings. The first-order valence-electron chi connectivity index (χ1n) is 12.2. The molecule has 9 heteroatoms. The molecule has 0 bridgehead atoms. The number of halogens is 1. The lowest BCUT2D eigenvalue weighted by molar-refractivity contribution is 0.0687. The smallest absolute Gasteiger partial charge is 0.159 e. The zero-order chi connectivity index (χ0) is 25.3. The van der Waals surface area contributed by atoms with E-state index in [1.807, 2.05) is 24.5 Å². The van der Waals surface area contributed by atoms with Crippen LogP contribution in [0, 0.1) is 5.92 Å². The predicted octanol–water partition coefficient (Wildman–Crippen LogP) is 5.08. The number of aromatic nitrogens is 5. The summed E-state index contributed by atoms with van der Waals surface area (Å²) in [6.07, 6.45) is 12.7. The van der Waals surface area contributed by atoms with Crippen molar-refractivity contribution in [1.82, 2.24) is 24.9 Å². The molecule has 36 heavy (non-hydrogen) atoms. The maximum absolute atomic E-state index is 10.2. The third-order valence-electron chi connectivity index (χ3n) is 6.80. The van der Waals surface area contributed by atoms with E-state index < -0.39 is 5.60 Å². The Bertz CT molecular complexity index is 1340. The van der Waals surface area contributed by atoms with Gasteiger partial charge in [0.2, 0.25) is 0 Å². The van der Waals surface area contributed by atoms with Gasteiger partial charge in [0.1, 0.15) is 11.9 Å². The van der Waals surface area contributed by atoms with Crippen LogP contribution in [0.3, 0.4) is 0 Å². The van der Waals surface area contributed by atoms with Gasteiger partial charge >= 0.3 is 0 Å². The molecule has 2 atom stereocenters. The number of aliphatic hydroxyl groups is 1. The van der Waals surface area contributed by atoms with Gasteiger partial charge < -0.3 is 15.3 Å². The van der Waals surface area contributed by atoms with Gasteiger partial charge in [-0.3, -0.25) is 4.98 Å². The second-order valence-electron chi connectivity index (χ2n) is 9.95. The van der Waals surface area contributed by atoms with Crippen molar-refractivity contribution in [2.75, 3.05) is 23.3 Å². The lowest BCUT2D eigenvalue weighted by Crippen LogP contribution is -2.42. The normalized spacial score (nSPS) is 17.2. The van der Waals surface area contributed by atoms with Gasteiger partial charge in [0, 0.05) is 48.7 Å². The van der Waals surface area contributed by atoms with Crippen molar-refractivity contribution in [3.05, 3.63) is 66.4 Å². The number of hydrogen-bond donors (Lipinski definition) is 2. The van der Waals surface area contributed by atoms with Crippen LogP contribution < -0.4 is 10.2 Å². The third-order valence-corrected chi connectivity index (χ3v) is 7.09. The van der Waals surface area contributed by atoms with Gasteiger partial charge in [0.15, 0.2) is 5.82 Å². The number of piperidine rings is 1. The summed E-state index contributed by atoms with van der Waals surface area (Å²) in [6.45, 7) is 7.49. The van der Waals surface area contributed by atoms with Crippen molar-refractivity contribution in [2.45, 2.75) is 45.3 Å². The van der Waals surface area contributed by atoms with E-state index in [9.17, 15) is 5.11 Å². The molecule has 4 aromatic rings.